The number of quaternary nitrogens is 1. The Morgan fingerprint density at radius 3 is 2.69 bits per heavy atom. The van der Waals surface area contributed by atoms with E-state index in [0.29, 0.717) is 30.9 Å². The van der Waals surface area contributed by atoms with E-state index >= 15 is 0 Å². The van der Waals surface area contributed by atoms with Gasteiger partial charge in [0.2, 0.25) is 0 Å². The van der Waals surface area contributed by atoms with Gasteiger partial charge in [-0.15, -0.1) is 0 Å². The Morgan fingerprint density at radius 2 is 1.92 bits per heavy atom. The zero-order valence-corrected chi connectivity index (χ0v) is 24.0. The van der Waals surface area contributed by atoms with Crippen molar-refractivity contribution in [2.75, 3.05) is 33.9 Å². The van der Waals surface area contributed by atoms with E-state index in [0.717, 1.165) is 47.9 Å². The lowest BCUT2D eigenvalue weighted by Crippen LogP contribution is -2.83. The van der Waals surface area contributed by atoms with Crippen molar-refractivity contribution in [1.82, 2.24) is 0 Å². The molecule has 5 aliphatic carbocycles. The summed E-state index contributed by atoms with van der Waals surface area (Å²) in [5.41, 5.74) is 3.67. The summed E-state index contributed by atoms with van der Waals surface area (Å²) in [7, 11) is 4.47. The van der Waals surface area contributed by atoms with Gasteiger partial charge < -0.3 is 23.8 Å². The lowest BCUT2D eigenvalue weighted by atomic mass is 9.34. The van der Waals surface area contributed by atoms with Crippen LogP contribution in [-0.4, -0.2) is 61.2 Å². The van der Waals surface area contributed by atoms with Gasteiger partial charge in [-0.1, -0.05) is 29.8 Å². The van der Waals surface area contributed by atoms with Gasteiger partial charge in [0.15, 0.2) is 11.5 Å². The standard InChI is InChI=1S/C33H40ClNO4/c1-35(19-21-3-4-21)15-14-32-28-23-7-10-26(36)29(28)39-30(32)33(37-2)13-12-31(32,27(35)17-23)18-24(33)11-16-38-20-22-5-8-25(34)9-6-22/h5-10,21,24,27,30H,3-4,11-20H2,1-2H3/p+1. The van der Waals surface area contributed by atoms with Crippen molar-refractivity contribution in [1.29, 1.82) is 0 Å². The Kier molecular flexibility index (Phi) is 5.36. The Hall–Kier alpha value is -1.79. The predicted octanol–water partition coefficient (Wildman–Crippen LogP) is 6.02. The predicted molar refractivity (Wildman–Crippen MR) is 150 cm³/mol. The summed E-state index contributed by atoms with van der Waals surface area (Å²) in [6, 6.07) is 12.6. The summed E-state index contributed by atoms with van der Waals surface area (Å²) in [5, 5.41) is 11.8. The van der Waals surface area contributed by atoms with Crippen molar-refractivity contribution >= 4 is 11.6 Å². The van der Waals surface area contributed by atoms with Crippen LogP contribution < -0.4 is 4.74 Å². The zero-order valence-electron chi connectivity index (χ0n) is 23.3. The van der Waals surface area contributed by atoms with Gasteiger partial charge in [-0.05, 0) is 73.8 Å². The summed E-state index contributed by atoms with van der Waals surface area (Å²) in [5.74, 6) is 2.34. The van der Waals surface area contributed by atoms with Crippen LogP contribution in [0.25, 0.3) is 0 Å². The second kappa shape index (κ2) is 8.38. The maximum Gasteiger partial charge on any atom is 0.165 e. The average molecular weight is 551 g/mol. The number of likely N-dealkylation sites (tertiary alicyclic amines) is 1. The minimum atomic E-state index is -0.354. The molecule has 39 heavy (non-hydrogen) atoms. The van der Waals surface area contributed by atoms with Crippen molar-refractivity contribution in [3.8, 4) is 11.5 Å². The fourth-order valence-corrected chi connectivity index (χ4v) is 10.7. The number of hydrogen-bond acceptors (Lipinski definition) is 4. The second-order valence-electron chi connectivity index (χ2n) is 13.9. The van der Waals surface area contributed by atoms with Gasteiger partial charge in [0.25, 0.3) is 0 Å². The number of phenols is 1. The number of aromatic hydroxyl groups is 1. The quantitative estimate of drug-likeness (QED) is 0.322. The molecule has 1 saturated heterocycles. The van der Waals surface area contributed by atoms with E-state index in [1.807, 2.05) is 37.4 Å². The first kappa shape index (κ1) is 25.0. The van der Waals surface area contributed by atoms with E-state index in [2.05, 4.69) is 13.1 Å². The molecule has 0 aromatic heterocycles. The van der Waals surface area contributed by atoms with Crippen LogP contribution in [0, 0.1) is 17.3 Å². The van der Waals surface area contributed by atoms with Gasteiger partial charge in [-0.25, -0.2) is 0 Å². The van der Waals surface area contributed by atoms with Crippen LogP contribution >= 0.6 is 11.6 Å². The molecular weight excluding hydrogens is 510 g/mol. The molecule has 7 atom stereocenters. The van der Waals surface area contributed by atoms with Crippen molar-refractivity contribution in [2.45, 2.75) is 81.1 Å². The Balaban J connectivity index is 1.17. The number of fused-ring (bicyclic) bond motifs is 2. The average Bonchev–Trinajstić information content (AvgIpc) is 3.67. The number of ether oxygens (including phenoxy) is 3. The smallest absolute Gasteiger partial charge is 0.165 e. The molecule has 5 fully saturated rings. The Morgan fingerprint density at radius 1 is 1.10 bits per heavy atom. The van der Waals surface area contributed by atoms with E-state index < -0.39 is 0 Å². The first-order chi connectivity index (χ1) is 18.9. The highest BCUT2D eigenvalue weighted by Crippen LogP contribution is 2.77. The first-order valence-electron chi connectivity index (χ1n) is 15.1. The Bertz CT molecular complexity index is 1310. The van der Waals surface area contributed by atoms with E-state index in [1.54, 1.807) is 0 Å². The molecule has 4 bridgehead atoms. The molecule has 2 aliphatic heterocycles. The van der Waals surface area contributed by atoms with Gasteiger partial charge in [-0.2, -0.15) is 0 Å². The molecule has 5 nitrogen and oxygen atoms in total. The fourth-order valence-electron chi connectivity index (χ4n) is 10.6. The molecule has 7 aliphatic rings. The highest BCUT2D eigenvalue weighted by molar-refractivity contribution is 6.30. The fraction of sp³-hybridized carbons (Fsp3) is 0.636. The molecule has 2 heterocycles. The maximum atomic E-state index is 11.1. The molecule has 0 amide bonds. The topological polar surface area (TPSA) is 47.9 Å². The van der Waals surface area contributed by atoms with Crippen LogP contribution in [0.15, 0.2) is 36.4 Å². The van der Waals surface area contributed by atoms with Crippen molar-refractivity contribution in [3.63, 3.8) is 0 Å². The van der Waals surface area contributed by atoms with Crippen LogP contribution in [0.1, 0.15) is 61.6 Å². The van der Waals surface area contributed by atoms with Gasteiger partial charge >= 0.3 is 0 Å². The number of likely N-dealkylation sites (N-methyl/N-ethyl adjacent to an activating group) is 1. The third kappa shape index (κ3) is 3.19. The molecule has 4 saturated carbocycles. The molecule has 2 aromatic rings. The Labute approximate surface area is 237 Å². The molecule has 7 unspecified atom stereocenters. The summed E-state index contributed by atoms with van der Waals surface area (Å²) in [4.78, 5) is 0. The lowest BCUT2D eigenvalue weighted by molar-refractivity contribution is -0.952. The summed E-state index contributed by atoms with van der Waals surface area (Å²) >= 11 is 6.07. The van der Waals surface area contributed by atoms with Crippen molar-refractivity contribution in [2.24, 2.45) is 17.3 Å². The van der Waals surface area contributed by atoms with E-state index in [1.165, 1.54) is 54.4 Å². The third-order valence-corrected chi connectivity index (χ3v) is 12.6. The highest BCUT2D eigenvalue weighted by atomic mass is 35.5. The van der Waals surface area contributed by atoms with Crippen LogP contribution in [-0.2, 0) is 27.9 Å². The molecular formula is C33H41ClNO4+. The maximum absolute atomic E-state index is 11.1. The minimum absolute atomic E-state index is 0.0432. The molecule has 2 spiro atoms. The number of halogens is 1. The van der Waals surface area contributed by atoms with Gasteiger partial charge in [0, 0.05) is 48.5 Å². The van der Waals surface area contributed by atoms with Gasteiger partial charge in [-0.3, -0.25) is 0 Å². The van der Waals surface area contributed by atoms with Crippen LogP contribution in [0.2, 0.25) is 5.02 Å². The summed E-state index contributed by atoms with van der Waals surface area (Å²) < 4.78 is 21.1. The van der Waals surface area contributed by atoms with Gasteiger partial charge in [0.1, 0.15) is 11.7 Å². The number of benzene rings is 2. The SMILES string of the molecule is COC12CCC3(CC1CCOCc1ccc(Cl)cc1)C1Cc4ccc(O)c5c4C3(CC[N+]1(C)CC1CC1)C2O5. The molecule has 0 radical (unpaired) electrons. The van der Waals surface area contributed by atoms with Crippen LogP contribution in [0.4, 0.5) is 0 Å². The van der Waals surface area contributed by atoms with Crippen molar-refractivity contribution in [3.05, 3.63) is 58.1 Å². The normalized spacial score (nSPS) is 40.8. The lowest BCUT2D eigenvalue weighted by Gasteiger charge is -2.74. The van der Waals surface area contributed by atoms with Crippen molar-refractivity contribution < 1.29 is 23.8 Å². The molecule has 6 heteroatoms. The summed E-state index contributed by atoms with van der Waals surface area (Å²) in [6.07, 6.45) is 9.35. The van der Waals surface area contributed by atoms with E-state index in [9.17, 15) is 5.11 Å². The number of phenolic OH excluding ortho intramolecular Hbond substituents is 1. The monoisotopic (exact) mass is 550 g/mol. The van der Waals surface area contributed by atoms with E-state index in [4.69, 9.17) is 25.8 Å². The number of methoxy groups -OCH3 is 1. The van der Waals surface area contributed by atoms with Gasteiger partial charge in [0.05, 0.1) is 38.2 Å². The molecule has 2 aromatic carbocycles. The van der Waals surface area contributed by atoms with Crippen LogP contribution in [0.5, 0.6) is 11.5 Å². The second-order valence-corrected chi connectivity index (χ2v) is 14.3. The molecule has 208 valence electrons. The molecule has 9 rings (SSSR count). The zero-order chi connectivity index (χ0) is 26.6. The minimum Gasteiger partial charge on any atom is -0.504 e. The third-order valence-electron chi connectivity index (χ3n) is 12.3. The van der Waals surface area contributed by atoms with E-state index in [-0.39, 0.29) is 22.5 Å². The molecule has 1 N–H and O–H groups in total. The first-order valence-corrected chi connectivity index (χ1v) is 15.5. The summed E-state index contributed by atoms with van der Waals surface area (Å²) in [6.45, 7) is 3.82. The largest absolute Gasteiger partial charge is 0.504 e. The number of piperidine rings is 1. The number of rotatable bonds is 8. The number of nitrogens with zero attached hydrogens (tertiary/aromatic N) is 1. The van der Waals surface area contributed by atoms with Crippen LogP contribution in [0.3, 0.4) is 0 Å². The highest BCUT2D eigenvalue weighted by Gasteiger charge is 2.82. The number of hydrogen-bond donors (Lipinski definition) is 1.